The average molecular weight is 338 g/mol. The molecule has 0 unspecified atom stereocenters. The van der Waals surface area contributed by atoms with Crippen LogP contribution in [0.15, 0.2) is 40.0 Å². The number of aromatic amines is 1. The number of carboxylic acids is 1. The lowest BCUT2D eigenvalue weighted by Crippen LogP contribution is -2.41. The molecule has 7 nitrogen and oxygen atoms in total. The first-order valence-electron chi connectivity index (χ1n) is 7.07. The number of carbonyl (C=O) groups is 1. The van der Waals surface area contributed by atoms with Crippen molar-refractivity contribution in [3.8, 4) is 0 Å². The van der Waals surface area contributed by atoms with Gasteiger partial charge in [0.2, 0.25) is 15.6 Å². The molecule has 3 N–H and O–H groups in total. The van der Waals surface area contributed by atoms with Gasteiger partial charge in [-0.15, -0.1) is 0 Å². The molecule has 2 rings (SSSR count). The smallest absolute Gasteiger partial charge is 0.321 e. The standard InChI is InChI=1S/C15H18N2O5S/c1-9(2)7-13(15(19)20)17-23(21,22)11-4-5-12-10(8-11)3-6-14(18)16-12/h3-6,8-9,13,17H,7H2,1-2H3,(H,16,18)(H,19,20)/t13-/m0/s1. The van der Waals surface area contributed by atoms with Crippen molar-refractivity contribution in [2.45, 2.75) is 31.2 Å². The van der Waals surface area contributed by atoms with Gasteiger partial charge in [0, 0.05) is 11.6 Å². The molecule has 0 radical (unpaired) electrons. The minimum absolute atomic E-state index is 0.0282. The summed E-state index contributed by atoms with van der Waals surface area (Å²) in [6, 6.07) is 5.81. The summed E-state index contributed by atoms with van der Waals surface area (Å²) in [5.74, 6) is -1.19. The van der Waals surface area contributed by atoms with Crippen molar-refractivity contribution in [3.63, 3.8) is 0 Å². The lowest BCUT2D eigenvalue weighted by molar-refractivity contribution is -0.139. The van der Waals surface area contributed by atoms with E-state index in [1.165, 1.54) is 30.3 Å². The number of aromatic nitrogens is 1. The van der Waals surface area contributed by atoms with Crippen molar-refractivity contribution >= 4 is 26.9 Å². The fourth-order valence-electron chi connectivity index (χ4n) is 2.23. The normalized spacial score (nSPS) is 13.3. The number of aliphatic carboxylic acids is 1. The van der Waals surface area contributed by atoms with Crippen molar-refractivity contribution in [2.75, 3.05) is 0 Å². The predicted molar refractivity (Wildman–Crippen MR) is 85.8 cm³/mol. The highest BCUT2D eigenvalue weighted by molar-refractivity contribution is 7.89. The molecular formula is C15H18N2O5S. The number of hydrogen-bond donors (Lipinski definition) is 3. The molecule has 23 heavy (non-hydrogen) atoms. The number of nitrogens with one attached hydrogen (secondary N) is 2. The molecular weight excluding hydrogens is 320 g/mol. The summed E-state index contributed by atoms with van der Waals surface area (Å²) < 4.78 is 27.0. The third-order valence-electron chi connectivity index (χ3n) is 3.31. The SMILES string of the molecule is CC(C)C[C@H](NS(=O)(=O)c1ccc2[nH]c(=O)ccc2c1)C(=O)O. The van der Waals surface area contributed by atoms with Gasteiger partial charge in [0.05, 0.1) is 4.90 Å². The highest BCUT2D eigenvalue weighted by Crippen LogP contribution is 2.17. The maximum absolute atomic E-state index is 12.4. The minimum atomic E-state index is -3.97. The molecule has 1 aromatic heterocycles. The molecule has 8 heteroatoms. The summed E-state index contributed by atoms with van der Waals surface area (Å²) in [6.07, 6.45) is 0.190. The Labute approximate surface area is 133 Å². The molecule has 0 saturated heterocycles. The third kappa shape index (κ3) is 4.17. The fraction of sp³-hybridized carbons (Fsp3) is 0.333. The summed E-state index contributed by atoms with van der Waals surface area (Å²) in [5.41, 5.74) is 0.225. The van der Waals surface area contributed by atoms with Crippen LogP contribution in [0.3, 0.4) is 0 Å². The number of pyridine rings is 1. The predicted octanol–water partition coefficient (Wildman–Crippen LogP) is 1.31. The van der Waals surface area contributed by atoms with Gasteiger partial charge >= 0.3 is 5.97 Å². The summed E-state index contributed by atoms with van der Waals surface area (Å²) in [4.78, 5) is 25.0. The molecule has 0 saturated carbocycles. The van der Waals surface area contributed by atoms with Crippen LogP contribution in [-0.2, 0) is 14.8 Å². The Morgan fingerprint density at radius 1 is 1.26 bits per heavy atom. The lowest BCUT2D eigenvalue weighted by atomic mass is 10.1. The summed E-state index contributed by atoms with van der Waals surface area (Å²) in [5, 5.41) is 9.71. The zero-order chi connectivity index (χ0) is 17.2. The van der Waals surface area contributed by atoms with Gasteiger partial charge in [0.15, 0.2) is 0 Å². The van der Waals surface area contributed by atoms with Gasteiger partial charge in [-0.25, -0.2) is 8.42 Å². The Balaban J connectivity index is 2.36. The molecule has 0 aliphatic rings. The molecule has 124 valence electrons. The molecule has 1 heterocycles. The van der Waals surface area contributed by atoms with Gasteiger partial charge in [-0.2, -0.15) is 4.72 Å². The van der Waals surface area contributed by atoms with Crippen LogP contribution in [0.25, 0.3) is 10.9 Å². The van der Waals surface area contributed by atoms with Crippen molar-refractivity contribution in [1.29, 1.82) is 0 Å². The van der Waals surface area contributed by atoms with Crippen LogP contribution in [0.5, 0.6) is 0 Å². The number of fused-ring (bicyclic) bond motifs is 1. The van der Waals surface area contributed by atoms with E-state index in [0.29, 0.717) is 10.9 Å². The van der Waals surface area contributed by atoms with Crippen LogP contribution in [0.1, 0.15) is 20.3 Å². The summed E-state index contributed by atoms with van der Waals surface area (Å²) in [6.45, 7) is 3.63. The Morgan fingerprint density at radius 3 is 2.57 bits per heavy atom. The second-order valence-corrected chi connectivity index (χ2v) is 7.43. The van der Waals surface area contributed by atoms with Crippen LogP contribution >= 0.6 is 0 Å². The van der Waals surface area contributed by atoms with Crippen LogP contribution in [-0.4, -0.2) is 30.5 Å². The van der Waals surface area contributed by atoms with Crippen molar-refractivity contribution in [1.82, 2.24) is 9.71 Å². The van der Waals surface area contributed by atoms with Crippen molar-refractivity contribution in [3.05, 3.63) is 40.7 Å². The number of hydrogen-bond acceptors (Lipinski definition) is 4. The molecule has 0 bridgehead atoms. The van der Waals surface area contributed by atoms with Gasteiger partial charge in [-0.05, 0) is 42.0 Å². The van der Waals surface area contributed by atoms with Crippen LogP contribution in [0, 0.1) is 5.92 Å². The molecule has 0 fully saturated rings. The van der Waals surface area contributed by atoms with Crippen LogP contribution in [0.2, 0.25) is 0 Å². The van der Waals surface area contributed by atoms with Gasteiger partial charge in [-0.3, -0.25) is 9.59 Å². The summed E-state index contributed by atoms with van der Waals surface area (Å²) in [7, 11) is -3.97. The van der Waals surface area contributed by atoms with Crippen LogP contribution < -0.4 is 10.3 Å². The van der Waals surface area contributed by atoms with Gasteiger partial charge in [0.1, 0.15) is 6.04 Å². The molecule has 0 aliphatic carbocycles. The van der Waals surface area contributed by atoms with E-state index in [1.807, 2.05) is 13.8 Å². The van der Waals surface area contributed by atoms with Crippen LogP contribution in [0.4, 0.5) is 0 Å². The van der Waals surface area contributed by atoms with Gasteiger partial charge < -0.3 is 10.1 Å². The summed E-state index contributed by atoms with van der Waals surface area (Å²) >= 11 is 0. The third-order valence-corrected chi connectivity index (χ3v) is 4.78. The van der Waals surface area contributed by atoms with E-state index in [1.54, 1.807) is 0 Å². The Hall–Kier alpha value is -2.19. The molecule has 0 spiro atoms. The number of rotatable bonds is 6. The molecule has 2 aromatic rings. The molecule has 0 amide bonds. The van der Waals surface area contributed by atoms with E-state index < -0.39 is 22.0 Å². The number of sulfonamides is 1. The highest BCUT2D eigenvalue weighted by Gasteiger charge is 2.26. The largest absolute Gasteiger partial charge is 0.480 e. The van der Waals surface area contributed by atoms with Crippen molar-refractivity contribution in [2.24, 2.45) is 5.92 Å². The van der Waals surface area contributed by atoms with E-state index in [4.69, 9.17) is 5.11 Å². The Bertz CT molecular complexity index is 886. The van der Waals surface area contributed by atoms with E-state index in [2.05, 4.69) is 9.71 Å². The van der Waals surface area contributed by atoms with Gasteiger partial charge in [0.25, 0.3) is 0 Å². The maximum atomic E-state index is 12.4. The second-order valence-electron chi connectivity index (χ2n) is 5.71. The topological polar surface area (TPSA) is 116 Å². The fourth-order valence-corrected chi connectivity index (χ4v) is 3.46. The second kappa shape index (κ2) is 6.51. The zero-order valence-electron chi connectivity index (χ0n) is 12.7. The first kappa shape index (κ1) is 17.2. The molecule has 1 aromatic carbocycles. The van der Waals surface area contributed by atoms with Gasteiger partial charge in [-0.1, -0.05) is 13.8 Å². The quantitative estimate of drug-likeness (QED) is 0.734. The Morgan fingerprint density at radius 2 is 1.96 bits per heavy atom. The van der Waals surface area contributed by atoms with E-state index >= 15 is 0 Å². The minimum Gasteiger partial charge on any atom is -0.480 e. The first-order valence-corrected chi connectivity index (χ1v) is 8.55. The van der Waals surface area contributed by atoms with E-state index in [9.17, 15) is 18.0 Å². The maximum Gasteiger partial charge on any atom is 0.321 e. The van der Waals surface area contributed by atoms with E-state index in [-0.39, 0.29) is 22.8 Å². The number of benzene rings is 1. The average Bonchev–Trinajstić information content (AvgIpc) is 2.45. The highest BCUT2D eigenvalue weighted by atomic mass is 32.2. The number of carboxylic acid groups (broad SMARTS) is 1. The lowest BCUT2D eigenvalue weighted by Gasteiger charge is -2.16. The Kier molecular flexibility index (Phi) is 4.86. The number of H-pyrrole nitrogens is 1. The molecule has 1 atom stereocenters. The first-order chi connectivity index (χ1) is 10.7. The monoisotopic (exact) mass is 338 g/mol. The zero-order valence-corrected chi connectivity index (χ0v) is 13.6. The van der Waals surface area contributed by atoms with Crippen molar-refractivity contribution < 1.29 is 18.3 Å². The molecule has 0 aliphatic heterocycles. The van der Waals surface area contributed by atoms with E-state index in [0.717, 1.165) is 0 Å².